The van der Waals surface area contributed by atoms with Crippen LogP contribution in [0.5, 0.6) is 5.75 Å². The Morgan fingerprint density at radius 1 is 1.36 bits per heavy atom. The lowest BCUT2D eigenvalue weighted by Crippen LogP contribution is -2.26. The zero-order valence-electron chi connectivity index (χ0n) is 13.5. The minimum Gasteiger partial charge on any atom is -0.493 e. The van der Waals surface area contributed by atoms with E-state index in [0.29, 0.717) is 26.0 Å². The van der Waals surface area contributed by atoms with Crippen LogP contribution in [0.3, 0.4) is 0 Å². The summed E-state index contributed by atoms with van der Waals surface area (Å²) in [6.45, 7) is 3.16. The van der Waals surface area contributed by atoms with Gasteiger partial charge in [-0.15, -0.1) is 0 Å². The zero-order valence-corrected chi connectivity index (χ0v) is 13.5. The van der Waals surface area contributed by atoms with E-state index in [1.54, 1.807) is 15.8 Å². The van der Waals surface area contributed by atoms with Crippen molar-refractivity contribution < 1.29 is 9.53 Å². The number of para-hydroxylation sites is 1. The summed E-state index contributed by atoms with van der Waals surface area (Å²) in [5.41, 5.74) is 2.15. The van der Waals surface area contributed by atoms with E-state index < -0.39 is 0 Å². The summed E-state index contributed by atoms with van der Waals surface area (Å²) in [6, 6.07) is 7.90. The zero-order chi connectivity index (χ0) is 15.9. The van der Waals surface area contributed by atoms with Crippen LogP contribution in [0.15, 0.2) is 36.7 Å². The molecular formula is C17H23N3O2. The Bertz CT molecular complexity index is 622. The molecule has 0 aliphatic carbocycles. The predicted octanol–water partition coefficient (Wildman–Crippen LogP) is 2.55. The molecule has 0 saturated carbocycles. The third-order valence-electron chi connectivity index (χ3n) is 3.49. The number of aromatic nitrogens is 2. The number of rotatable bonds is 7. The Balaban J connectivity index is 1.70. The van der Waals surface area contributed by atoms with E-state index in [4.69, 9.17) is 4.74 Å². The predicted molar refractivity (Wildman–Crippen MR) is 85.6 cm³/mol. The van der Waals surface area contributed by atoms with Crippen molar-refractivity contribution in [1.82, 2.24) is 14.7 Å². The van der Waals surface area contributed by atoms with Crippen LogP contribution in [-0.4, -0.2) is 34.2 Å². The fourth-order valence-electron chi connectivity index (χ4n) is 2.23. The highest BCUT2D eigenvalue weighted by atomic mass is 16.5. The number of ether oxygens (including phenoxy) is 1. The number of aryl methyl sites for hydroxylation is 2. The Morgan fingerprint density at radius 2 is 2.14 bits per heavy atom. The van der Waals surface area contributed by atoms with E-state index in [0.717, 1.165) is 16.9 Å². The first-order chi connectivity index (χ1) is 10.6. The lowest BCUT2D eigenvalue weighted by atomic mass is 10.2. The largest absolute Gasteiger partial charge is 0.493 e. The third kappa shape index (κ3) is 4.62. The molecule has 0 aliphatic heterocycles. The molecule has 0 fully saturated rings. The van der Waals surface area contributed by atoms with Crippen molar-refractivity contribution in [3.8, 4) is 5.75 Å². The van der Waals surface area contributed by atoms with Crippen molar-refractivity contribution in [1.29, 1.82) is 0 Å². The summed E-state index contributed by atoms with van der Waals surface area (Å²) in [7, 11) is 3.69. The standard InChI is InChI=1S/C17H23N3O2/c1-14-7-4-5-8-16(14)22-10-6-9-17(21)19(2)12-15-11-18-20(3)13-15/h4-5,7-8,11,13H,6,9-10,12H2,1-3H3. The number of hydrogen-bond acceptors (Lipinski definition) is 3. The molecule has 0 aliphatic rings. The van der Waals surface area contributed by atoms with E-state index in [1.807, 2.05) is 51.5 Å². The van der Waals surface area contributed by atoms with Crippen molar-refractivity contribution in [2.75, 3.05) is 13.7 Å². The quantitative estimate of drug-likeness (QED) is 0.738. The second-order valence-corrected chi connectivity index (χ2v) is 5.49. The Kier molecular flexibility index (Phi) is 5.58. The lowest BCUT2D eigenvalue weighted by Gasteiger charge is -2.16. The van der Waals surface area contributed by atoms with Gasteiger partial charge in [-0.05, 0) is 25.0 Å². The van der Waals surface area contributed by atoms with Gasteiger partial charge in [0.15, 0.2) is 0 Å². The van der Waals surface area contributed by atoms with Crippen LogP contribution in [0.1, 0.15) is 24.0 Å². The van der Waals surface area contributed by atoms with Crippen LogP contribution < -0.4 is 4.74 Å². The fourth-order valence-corrected chi connectivity index (χ4v) is 2.23. The van der Waals surface area contributed by atoms with Gasteiger partial charge in [0, 0.05) is 38.8 Å². The van der Waals surface area contributed by atoms with Crippen molar-refractivity contribution in [3.05, 3.63) is 47.8 Å². The molecule has 118 valence electrons. The molecule has 2 aromatic rings. The van der Waals surface area contributed by atoms with Gasteiger partial charge in [0.05, 0.1) is 12.8 Å². The van der Waals surface area contributed by atoms with E-state index in [1.165, 1.54) is 0 Å². The molecule has 1 aromatic carbocycles. The van der Waals surface area contributed by atoms with Crippen molar-refractivity contribution in [2.24, 2.45) is 7.05 Å². The van der Waals surface area contributed by atoms with E-state index in [2.05, 4.69) is 5.10 Å². The van der Waals surface area contributed by atoms with Gasteiger partial charge < -0.3 is 9.64 Å². The Hall–Kier alpha value is -2.30. The second-order valence-electron chi connectivity index (χ2n) is 5.49. The highest BCUT2D eigenvalue weighted by molar-refractivity contribution is 5.75. The van der Waals surface area contributed by atoms with Gasteiger partial charge in [0.25, 0.3) is 0 Å². The van der Waals surface area contributed by atoms with Crippen LogP contribution in [-0.2, 0) is 18.4 Å². The highest BCUT2D eigenvalue weighted by Gasteiger charge is 2.10. The summed E-state index contributed by atoms with van der Waals surface area (Å²) < 4.78 is 7.44. The van der Waals surface area contributed by atoms with Crippen LogP contribution in [0.25, 0.3) is 0 Å². The summed E-state index contributed by atoms with van der Waals surface area (Å²) in [6.07, 6.45) is 4.91. The van der Waals surface area contributed by atoms with Gasteiger partial charge in [0.1, 0.15) is 5.75 Å². The molecule has 5 heteroatoms. The molecule has 5 nitrogen and oxygen atoms in total. The van der Waals surface area contributed by atoms with Crippen molar-refractivity contribution >= 4 is 5.91 Å². The molecule has 0 atom stereocenters. The minimum atomic E-state index is 0.122. The molecular weight excluding hydrogens is 278 g/mol. The number of amides is 1. The van der Waals surface area contributed by atoms with Gasteiger partial charge in [-0.1, -0.05) is 18.2 Å². The van der Waals surface area contributed by atoms with E-state index in [9.17, 15) is 4.79 Å². The maximum atomic E-state index is 12.1. The molecule has 0 spiro atoms. The normalized spacial score (nSPS) is 10.5. The Labute approximate surface area is 131 Å². The molecule has 1 aromatic heterocycles. The molecule has 1 heterocycles. The van der Waals surface area contributed by atoms with E-state index >= 15 is 0 Å². The number of benzene rings is 1. The molecule has 0 radical (unpaired) electrons. The smallest absolute Gasteiger partial charge is 0.222 e. The van der Waals surface area contributed by atoms with Gasteiger partial charge in [-0.3, -0.25) is 9.48 Å². The summed E-state index contributed by atoms with van der Waals surface area (Å²) in [4.78, 5) is 13.8. The van der Waals surface area contributed by atoms with Crippen molar-refractivity contribution in [2.45, 2.75) is 26.3 Å². The van der Waals surface area contributed by atoms with Gasteiger partial charge in [-0.2, -0.15) is 5.10 Å². The molecule has 0 unspecified atom stereocenters. The molecule has 0 saturated heterocycles. The van der Waals surface area contributed by atoms with Crippen LogP contribution in [0.4, 0.5) is 0 Å². The fraction of sp³-hybridized carbons (Fsp3) is 0.412. The maximum Gasteiger partial charge on any atom is 0.222 e. The first-order valence-corrected chi connectivity index (χ1v) is 7.46. The average Bonchev–Trinajstić information content (AvgIpc) is 2.90. The first kappa shape index (κ1) is 16.1. The van der Waals surface area contributed by atoms with Gasteiger partial charge >= 0.3 is 0 Å². The minimum absolute atomic E-state index is 0.122. The SMILES string of the molecule is Cc1ccccc1OCCCC(=O)N(C)Cc1cnn(C)c1. The average molecular weight is 301 g/mol. The molecule has 1 amide bonds. The maximum absolute atomic E-state index is 12.1. The van der Waals surface area contributed by atoms with Crippen LogP contribution in [0, 0.1) is 6.92 Å². The van der Waals surface area contributed by atoms with Gasteiger partial charge in [-0.25, -0.2) is 0 Å². The van der Waals surface area contributed by atoms with E-state index in [-0.39, 0.29) is 5.91 Å². The first-order valence-electron chi connectivity index (χ1n) is 7.46. The monoisotopic (exact) mass is 301 g/mol. The number of hydrogen-bond donors (Lipinski definition) is 0. The van der Waals surface area contributed by atoms with Crippen molar-refractivity contribution in [3.63, 3.8) is 0 Å². The molecule has 0 bridgehead atoms. The van der Waals surface area contributed by atoms with Gasteiger partial charge in [0.2, 0.25) is 5.91 Å². The highest BCUT2D eigenvalue weighted by Crippen LogP contribution is 2.16. The Morgan fingerprint density at radius 3 is 2.82 bits per heavy atom. The van der Waals surface area contributed by atoms with Crippen LogP contribution in [0.2, 0.25) is 0 Å². The number of carbonyl (C=O) groups is 1. The van der Waals surface area contributed by atoms with Crippen LogP contribution >= 0.6 is 0 Å². The lowest BCUT2D eigenvalue weighted by molar-refractivity contribution is -0.130. The summed E-state index contributed by atoms with van der Waals surface area (Å²) in [5, 5.41) is 4.10. The second kappa shape index (κ2) is 7.64. The summed E-state index contributed by atoms with van der Waals surface area (Å²) in [5.74, 6) is 1.01. The molecule has 22 heavy (non-hydrogen) atoms. The third-order valence-corrected chi connectivity index (χ3v) is 3.49. The molecule has 2 rings (SSSR count). The molecule has 0 N–H and O–H groups in total. The topological polar surface area (TPSA) is 47.4 Å². The number of carbonyl (C=O) groups excluding carboxylic acids is 1. The summed E-state index contributed by atoms with van der Waals surface area (Å²) >= 11 is 0. The number of nitrogens with zero attached hydrogens (tertiary/aromatic N) is 3.